The quantitative estimate of drug-likeness (QED) is 0.621. The molecule has 0 aromatic heterocycles. The first kappa shape index (κ1) is 13.0. The van der Waals surface area contributed by atoms with Crippen LogP contribution >= 0.6 is 0 Å². The molecule has 0 aliphatic carbocycles. The number of amides is 2. The van der Waals surface area contributed by atoms with Gasteiger partial charge in [-0.1, -0.05) is 0 Å². The Hall–Kier alpha value is -1.10. The molecule has 16 heavy (non-hydrogen) atoms. The summed E-state index contributed by atoms with van der Waals surface area (Å²) >= 11 is 0. The van der Waals surface area contributed by atoms with Crippen LogP contribution in [0.25, 0.3) is 0 Å². The number of hydrogen-bond donors (Lipinski definition) is 3. The van der Waals surface area contributed by atoms with E-state index in [1.807, 2.05) is 13.8 Å². The summed E-state index contributed by atoms with van der Waals surface area (Å²) in [7, 11) is 0. The van der Waals surface area contributed by atoms with Crippen molar-refractivity contribution in [2.24, 2.45) is 0 Å². The first-order valence-corrected chi connectivity index (χ1v) is 5.94. The van der Waals surface area contributed by atoms with E-state index in [4.69, 9.17) is 0 Å². The van der Waals surface area contributed by atoms with Crippen LogP contribution in [0.1, 0.15) is 33.1 Å². The van der Waals surface area contributed by atoms with E-state index in [9.17, 15) is 9.59 Å². The molecule has 0 aromatic rings. The molecule has 1 aliphatic heterocycles. The fourth-order valence-electron chi connectivity index (χ4n) is 1.87. The van der Waals surface area contributed by atoms with Gasteiger partial charge in [-0.3, -0.25) is 9.59 Å². The van der Waals surface area contributed by atoms with Gasteiger partial charge in [0.15, 0.2) is 0 Å². The monoisotopic (exact) mass is 227 g/mol. The predicted molar refractivity (Wildman–Crippen MR) is 61.9 cm³/mol. The van der Waals surface area contributed by atoms with Gasteiger partial charge in [-0.25, -0.2) is 0 Å². The van der Waals surface area contributed by atoms with Crippen LogP contribution in [0.3, 0.4) is 0 Å². The zero-order chi connectivity index (χ0) is 12.0. The molecule has 1 heterocycles. The molecule has 92 valence electrons. The maximum Gasteiger partial charge on any atom is 0.236 e. The normalized spacial score (nSPS) is 23.1. The number of hydrogen-bond acceptors (Lipinski definition) is 3. The summed E-state index contributed by atoms with van der Waals surface area (Å²) in [6.45, 7) is 5.10. The standard InChI is InChI=1S/C11H21N3O2/c1-3-12-11(16)8(2)14-9-5-4-6-13-10(15)7-9/h8-9,14H,3-7H2,1-2H3,(H,12,16)(H,13,15). The van der Waals surface area contributed by atoms with E-state index in [0.29, 0.717) is 13.0 Å². The van der Waals surface area contributed by atoms with Crippen LogP contribution < -0.4 is 16.0 Å². The molecule has 0 bridgehead atoms. The molecular formula is C11H21N3O2. The average Bonchev–Trinajstić information content (AvgIpc) is 2.43. The third-order valence-corrected chi connectivity index (χ3v) is 2.71. The largest absolute Gasteiger partial charge is 0.356 e. The van der Waals surface area contributed by atoms with E-state index in [0.717, 1.165) is 19.4 Å². The summed E-state index contributed by atoms with van der Waals surface area (Å²) < 4.78 is 0. The van der Waals surface area contributed by atoms with Gasteiger partial charge < -0.3 is 16.0 Å². The van der Waals surface area contributed by atoms with Gasteiger partial charge >= 0.3 is 0 Å². The second-order valence-corrected chi connectivity index (χ2v) is 4.18. The van der Waals surface area contributed by atoms with E-state index in [1.165, 1.54) is 0 Å². The van der Waals surface area contributed by atoms with Gasteiger partial charge in [0.25, 0.3) is 0 Å². The van der Waals surface area contributed by atoms with Crippen molar-refractivity contribution >= 4 is 11.8 Å². The van der Waals surface area contributed by atoms with E-state index in [1.54, 1.807) is 0 Å². The van der Waals surface area contributed by atoms with Gasteiger partial charge in [0.1, 0.15) is 0 Å². The highest BCUT2D eigenvalue weighted by Crippen LogP contribution is 2.06. The highest BCUT2D eigenvalue weighted by atomic mass is 16.2. The summed E-state index contributed by atoms with van der Waals surface area (Å²) in [5.41, 5.74) is 0. The molecule has 0 spiro atoms. The number of carbonyl (C=O) groups excluding carboxylic acids is 2. The Bertz CT molecular complexity index is 256. The minimum absolute atomic E-state index is 0.00726. The Morgan fingerprint density at radius 3 is 3.06 bits per heavy atom. The maximum atomic E-state index is 11.5. The van der Waals surface area contributed by atoms with E-state index < -0.39 is 0 Å². The van der Waals surface area contributed by atoms with Crippen molar-refractivity contribution in [3.8, 4) is 0 Å². The molecule has 2 amide bonds. The lowest BCUT2D eigenvalue weighted by atomic mass is 10.1. The molecule has 2 unspecified atom stereocenters. The smallest absolute Gasteiger partial charge is 0.236 e. The van der Waals surface area contributed by atoms with Crippen LogP contribution in [-0.2, 0) is 9.59 Å². The van der Waals surface area contributed by atoms with Gasteiger partial charge in [0.2, 0.25) is 11.8 Å². The lowest BCUT2D eigenvalue weighted by Crippen LogP contribution is -2.47. The zero-order valence-electron chi connectivity index (χ0n) is 10.0. The summed E-state index contributed by atoms with van der Waals surface area (Å²) in [5.74, 6) is 0.0604. The Balaban J connectivity index is 2.39. The van der Waals surface area contributed by atoms with Crippen LogP contribution in [0.15, 0.2) is 0 Å². The predicted octanol–water partition coefficient (Wildman–Crippen LogP) is -0.231. The summed E-state index contributed by atoms with van der Waals surface area (Å²) in [6, 6.07) is -0.129. The van der Waals surface area contributed by atoms with Gasteiger partial charge in [0.05, 0.1) is 6.04 Å². The average molecular weight is 227 g/mol. The fourth-order valence-corrected chi connectivity index (χ4v) is 1.87. The highest BCUT2D eigenvalue weighted by molar-refractivity contribution is 5.81. The molecular weight excluding hydrogens is 206 g/mol. The summed E-state index contributed by atoms with van der Waals surface area (Å²) in [5, 5.41) is 8.78. The molecule has 1 aliphatic rings. The lowest BCUT2D eigenvalue weighted by molar-refractivity contribution is -0.124. The van der Waals surface area contributed by atoms with Crippen molar-refractivity contribution < 1.29 is 9.59 Å². The topological polar surface area (TPSA) is 70.2 Å². The second kappa shape index (κ2) is 6.48. The Labute approximate surface area is 96.4 Å². The molecule has 3 N–H and O–H groups in total. The molecule has 0 saturated carbocycles. The van der Waals surface area contributed by atoms with Crippen molar-refractivity contribution in [1.82, 2.24) is 16.0 Å². The number of carbonyl (C=O) groups is 2. The van der Waals surface area contributed by atoms with Gasteiger partial charge in [-0.2, -0.15) is 0 Å². The first-order valence-electron chi connectivity index (χ1n) is 5.94. The van der Waals surface area contributed by atoms with E-state index >= 15 is 0 Å². The number of rotatable bonds is 4. The van der Waals surface area contributed by atoms with Crippen molar-refractivity contribution in [1.29, 1.82) is 0 Å². The zero-order valence-corrected chi connectivity index (χ0v) is 10.0. The summed E-state index contributed by atoms with van der Waals surface area (Å²) in [4.78, 5) is 22.8. The Morgan fingerprint density at radius 2 is 2.38 bits per heavy atom. The molecule has 1 fully saturated rings. The van der Waals surface area contributed by atoms with E-state index in [2.05, 4.69) is 16.0 Å². The van der Waals surface area contributed by atoms with Crippen LogP contribution in [0.2, 0.25) is 0 Å². The molecule has 0 radical (unpaired) electrons. The van der Waals surface area contributed by atoms with Crippen molar-refractivity contribution in [3.63, 3.8) is 0 Å². The highest BCUT2D eigenvalue weighted by Gasteiger charge is 2.21. The lowest BCUT2D eigenvalue weighted by Gasteiger charge is -2.20. The Morgan fingerprint density at radius 1 is 1.62 bits per heavy atom. The molecule has 5 heteroatoms. The van der Waals surface area contributed by atoms with Gasteiger partial charge in [0, 0.05) is 25.6 Å². The van der Waals surface area contributed by atoms with Crippen molar-refractivity contribution in [2.75, 3.05) is 13.1 Å². The summed E-state index contributed by atoms with van der Waals surface area (Å²) in [6.07, 6.45) is 2.36. The molecule has 1 saturated heterocycles. The number of nitrogens with one attached hydrogen (secondary N) is 3. The molecule has 2 atom stereocenters. The Kier molecular flexibility index (Phi) is 5.25. The maximum absolute atomic E-state index is 11.5. The first-order chi connectivity index (χ1) is 7.63. The fraction of sp³-hybridized carbons (Fsp3) is 0.818. The molecule has 1 rings (SSSR count). The molecule has 5 nitrogen and oxygen atoms in total. The SMILES string of the molecule is CCNC(=O)C(C)NC1CCCNC(=O)C1. The third-order valence-electron chi connectivity index (χ3n) is 2.71. The van der Waals surface area contributed by atoms with Crippen LogP contribution in [0, 0.1) is 0 Å². The third kappa shape index (κ3) is 4.18. The van der Waals surface area contributed by atoms with E-state index in [-0.39, 0.29) is 23.9 Å². The van der Waals surface area contributed by atoms with Crippen LogP contribution in [0.5, 0.6) is 0 Å². The minimum Gasteiger partial charge on any atom is -0.356 e. The molecule has 0 aromatic carbocycles. The van der Waals surface area contributed by atoms with Crippen LogP contribution in [-0.4, -0.2) is 37.0 Å². The van der Waals surface area contributed by atoms with Crippen LogP contribution in [0.4, 0.5) is 0 Å². The van der Waals surface area contributed by atoms with Crippen molar-refractivity contribution in [2.45, 2.75) is 45.2 Å². The minimum atomic E-state index is -0.240. The number of likely N-dealkylation sites (N-methyl/N-ethyl adjacent to an activating group) is 1. The second-order valence-electron chi connectivity index (χ2n) is 4.18. The van der Waals surface area contributed by atoms with Crippen molar-refractivity contribution in [3.05, 3.63) is 0 Å². The van der Waals surface area contributed by atoms with Gasteiger partial charge in [-0.15, -0.1) is 0 Å². The van der Waals surface area contributed by atoms with Gasteiger partial charge in [-0.05, 0) is 26.7 Å².